The number of aryl methyl sites for hydroxylation is 1. The van der Waals surface area contributed by atoms with Crippen molar-refractivity contribution < 1.29 is 19.1 Å². The Kier molecular flexibility index (Phi) is 5.11. The second-order valence-corrected chi connectivity index (χ2v) is 6.04. The van der Waals surface area contributed by atoms with Gasteiger partial charge in [-0.05, 0) is 24.3 Å². The summed E-state index contributed by atoms with van der Waals surface area (Å²) in [6, 6.07) is 7.25. The summed E-state index contributed by atoms with van der Waals surface area (Å²) in [6.45, 7) is 2.09. The van der Waals surface area contributed by atoms with Gasteiger partial charge in [0.05, 0.1) is 19.9 Å². The molecule has 1 fully saturated rings. The number of carbonyl (C=O) groups is 2. The van der Waals surface area contributed by atoms with Gasteiger partial charge in [0.1, 0.15) is 11.5 Å². The summed E-state index contributed by atoms with van der Waals surface area (Å²) in [5.41, 5.74) is 1.93. The predicted octanol–water partition coefficient (Wildman–Crippen LogP) is 1.02. The standard InChI is InChI=1S/C18H22N4O4/c1-20-16(14-10-13(25-2)4-5-17(14)26-3)11-15(19-20)18(24)22-8-6-21(12-23)7-9-22/h4-5,10-12H,6-9H2,1-3H3. The first-order chi connectivity index (χ1) is 12.6. The maximum absolute atomic E-state index is 12.8. The highest BCUT2D eigenvalue weighted by atomic mass is 16.5. The third-order valence-corrected chi connectivity index (χ3v) is 4.53. The predicted molar refractivity (Wildman–Crippen MR) is 95.3 cm³/mol. The quantitative estimate of drug-likeness (QED) is 0.746. The summed E-state index contributed by atoms with van der Waals surface area (Å²) in [6.07, 6.45) is 0.815. The molecule has 0 saturated carbocycles. The van der Waals surface area contributed by atoms with E-state index in [-0.39, 0.29) is 5.91 Å². The summed E-state index contributed by atoms with van der Waals surface area (Å²) in [5.74, 6) is 1.23. The summed E-state index contributed by atoms with van der Waals surface area (Å²) >= 11 is 0. The van der Waals surface area contributed by atoms with Crippen LogP contribution in [0.4, 0.5) is 0 Å². The SMILES string of the molecule is COc1ccc(OC)c(-c2cc(C(=O)N3CCN(C=O)CC3)nn2C)c1. The van der Waals surface area contributed by atoms with Crippen LogP contribution >= 0.6 is 0 Å². The van der Waals surface area contributed by atoms with Crippen molar-refractivity contribution in [1.29, 1.82) is 0 Å². The van der Waals surface area contributed by atoms with Crippen molar-refractivity contribution in [2.45, 2.75) is 0 Å². The van der Waals surface area contributed by atoms with Crippen molar-refractivity contribution in [2.24, 2.45) is 7.05 Å². The third kappa shape index (κ3) is 3.35. The van der Waals surface area contributed by atoms with Crippen LogP contribution in [0.2, 0.25) is 0 Å². The van der Waals surface area contributed by atoms with Crippen LogP contribution in [-0.2, 0) is 11.8 Å². The summed E-state index contributed by atoms with van der Waals surface area (Å²) in [4.78, 5) is 26.9. The monoisotopic (exact) mass is 358 g/mol. The Morgan fingerprint density at radius 3 is 2.46 bits per heavy atom. The molecule has 0 N–H and O–H groups in total. The van der Waals surface area contributed by atoms with Gasteiger partial charge in [0.15, 0.2) is 5.69 Å². The van der Waals surface area contributed by atoms with Crippen molar-refractivity contribution in [3.8, 4) is 22.8 Å². The molecule has 8 nitrogen and oxygen atoms in total. The number of piperazine rings is 1. The molecule has 0 spiro atoms. The molecule has 2 heterocycles. The van der Waals surface area contributed by atoms with Crippen molar-refractivity contribution in [3.05, 3.63) is 30.0 Å². The molecule has 138 valence electrons. The van der Waals surface area contributed by atoms with Gasteiger partial charge >= 0.3 is 0 Å². The van der Waals surface area contributed by atoms with Crippen LogP contribution in [0.1, 0.15) is 10.5 Å². The number of methoxy groups -OCH3 is 2. The number of ether oxygens (including phenoxy) is 2. The maximum atomic E-state index is 12.8. The van der Waals surface area contributed by atoms with Crippen LogP contribution in [0.15, 0.2) is 24.3 Å². The highest BCUT2D eigenvalue weighted by molar-refractivity contribution is 5.94. The van der Waals surface area contributed by atoms with Crippen LogP contribution in [-0.4, -0.2) is 72.3 Å². The van der Waals surface area contributed by atoms with Gasteiger partial charge in [-0.1, -0.05) is 0 Å². The van der Waals surface area contributed by atoms with Crippen molar-refractivity contribution in [3.63, 3.8) is 0 Å². The number of hydrogen-bond donors (Lipinski definition) is 0. The molecule has 1 aromatic carbocycles. The lowest BCUT2D eigenvalue weighted by Gasteiger charge is -2.32. The number of nitrogens with zero attached hydrogens (tertiary/aromatic N) is 4. The summed E-state index contributed by atoms with van der Waals surface area (Å²) in [7, 11) is 4.98. The number of aromatic nitrogens is 2. The lowest BCUT2D eigenvalue weighted by atomic mass is 10.1. The van der Waals surface area contributed by atoms with Crippen molar-refractivity contribution in [1.82, 2.24) is 19.6 Å². The molecule has 0 aliphatic carbocycles. The number of carbonyl (C=O) groups excluding carboxylic acids is 2. The van der Waals surface area contributed by atoms with Gasteiger partial charge in [-0.15, -0.1) is 0 Å². The number of hydrogen-bond acceptors (Lipinski definition) is 5. The number of amides is 2. The Morgan fingerprint density at radius 1 is 1.12 bits per heavy atom. The van der Waals surface area contributed by atoms with Gasteiger partial charge in [0.25, 0.3) is 5.91 Å². The van der Waals surface area contributed by atoms with Gasteiger partial charge in [0.2, 0.25) is 6.41 Å². The van der Waals surface area contributed by atoms with E-state index in [1.54, 1.807) is 41.8 Å². The van der Waals surface area contributed by atoms with Gasteiger partial charge in [-0.25, -0.2) is 0 Å². The van der Waals surface area contributed by atoms with Crippen LogP contribution in [0.25, 0.3) is 11.3 Å². The Morgan fingerprint density at radius 2 is 1.85 bits per heavy atom. The first-order valence-corrected chi connectivity index (χ1v) is 8.32. The van der Waals surface area contributed by atoms with E-state index in [4.69, 9.17) is 9.47 Å². The zero-order valence-corrected chi connectivity index (χ0v) is 15.1. The molecule has 2 aromatic rings. The van der Waals surface area contributed by atoms with Gasteiger partial charge in [-0.3, -0.25) is 14.3 Å². The minimum Gasteiger partial charge on any atom is -0.497 e. The zero-order valence-electron chi connectivity index (χ0n) is 15.1. The molecule has 26 heavy (non-hydrogen) atoms. The van der Waals surface area contributed by atoms with E-state index >= 15 is 0 Å². The van der Waals surface area contributed by atoms with E-state index in [0.717, 1.165) is 17.7 Å². The van der Waals surface area contributed by atoms with E-state index in [2.05, 4.69) is 5.10 Å². The maximum Gasteiger partial charge on any atom is 0.274 e. The average Bonchev–Trinajstić information content (AvgIpc) is 3.08. The van der Waals surface area contributed by atoms with Crippen LogP contribution in [0.3, 0.4) is 0 Å². The molecule has 2 amide bonds. The first kappa shape index (κ1) is 17.8. The van der Waals surface area contributed by atoms with E-state index < -0.39 is 0 Å². The lowest BCUT2D eigenvalue weighted by Crippen LogP contribution is -2.48. The normalized spacial score (nSPS) is 14.3. The highest BCUT2D eigenvalue weighted by Gasteiger charge is 2.24. The van der Waals surface area contributed by atoms with Gasteiger partial charge in [-0.2, -0.15) is 5.10 Å². The van der Waals surface area contributed by atoms with Crippen molar-refractivity contribution >= 4 is 12.3 Å². The zero-order chi connectivity index (χ0) is 18.7. The summed E-state index contributed by atoms with van der Waals surface area (Å²) < 4.78 is 12.4. The Balaban J connectivity index is 1.88. The lowest BCUT2D eigenvalue weighted by molar-refractivity contribution is -0.119. The molecule has 1 aliphatic heterocycles. The van der Waals surface area contributed by atoms with E-state index in [9.17, 15) is 9.59 Å². The van der Waals surface area contributed by atoms with E-state index in [1.165, 1.54) is 0 Å². The molecular weight excluding hydrogens is 336 g/mol. The highest BCUT2D eigenvalue weighted by Crippen LogP contribution is 2.33. The second kappa shape index (κ2) is 7.47. The molecule has 1 aromatic heterocycles. The van der Waals surface area contributed by atoms with Crippen LogP contribution < -0.4 is 9.47 Å². The molecular formula is C18H22N4O4. The van der Waals surface area contributed by atoms with Crippen molar-refractivity contribution in [2.75, 3.05) is 40.4 Å². The number of benzene rings is 1. The fourth-order valence-electron chi connectivity index (χ4n) is 3.03. The van der Waals surface area contributed by atoms with Gasteiger partial charge in [0, 0.05) is 38.8 Å². The van der Waals surface area contributed by atoms with Gasteiger partial charge < -0.3 is 19.3 Å². The minimum absolute atomic E-state index is 0.140. The molecule has 0 unspecified atom stereocenters. The molecule has 0 atom stereocenters. The summed E-state index contributed by atoms with van der Waals surface area (Å²) in [5, 5.41) is 4.38. The van der Waals surface area contributed by atoms with Crippen LogP contribution in [0, 0.1) is 0 Å². The smallest absolute Gasteiger partial charge is 0.274 e. The third-order valence-electron chi connectivity index (χ3n) is 4.53. The first-order valence-electron chi connectivity index (χ1n) is 8.32. The topological polar surface area (TPSA) is 76.9 Å². The fourth-order valence-corrected chi connectivity index (χ4v) is 3.03. The number of rotatable bonds is 5. The Bertz CT molecular complexity index is 810. The fraction of sp³-hybridized carbons (Fsp3) is 0.389. The molecule has 8 heteroatoms. The Hall–Kier alpha value is -3.03. The van der Waals surface area contributed by atoms with Crippen LogP contribution in [0.5, 0.6) is 11.5 Å². The van der Waals surface area contributed by atoms with E-state index in [0.29, 0.717) is 43.4 Å². The molecule has 0 bridgehead atoms. The second-order valence-electron chi connectivity index (χ2n) is 6.04. The molecule has 0 radical (unpaired) electrons. The Labute approximate surface area is 151 Å². The molecule has 1 aliphatic rings. The molecule has 1 saturated heterocycles. The molecule has 3 rings (SSSR count). The van der Waals surface area contributed by atoms with E-state index in [1.807, 2.05) is 18.2 Å². The minimum atomic E-state index is -0.140. The average molecular weight is 358 g/mol. The largest absolute Gasteiger partial charge is 0.497 e.